The Labute approximate surface area is 131 Å². The molecule has 114 valence electrons. The molecule has 1 aromatic carbocycles. The number of nitriles is 1. The van der Waals surface area contributed by atoms with E-state index in [4.69, 9.17) is 5.26 Å². The van der Waals surface area contributed by atoms with Gasteiger partial charge in [0, 0.05) is 30.2 Å². The zero-order valence-corrected chi connectivity index (χ0v) is 13.6. The molecular formula is C16H23N3OS. The minimum atomic E-state index is 0.000397. The number of hydrogen-bond acceptors (Lipinski definition) is 4. The maximum absolute atomic E-state index is 11.8. The average Bonchev–Trinajstić information content (AvgIpc) is 2.51. The quantitative estimate of drug-likeness (QED) is 0.713. The molecule has 5 heteroatoms. The lowest BCUT2D eigenvalue weighted by molar-refractivity contribution is -0.115. The van der Waals surface area contributed by atoms with Crippen molar-refractivity contribution >= 4 is 23.4 Å². The Morgan fingerprint density at radius 1 is 1.33 bits per heavy atom. The highest BCUT2D eigenvalue weighted by atomic mass is 32.2. The number of carbonyl (C=O) groups is 1. The van der Waals surface area contributed by atoms with Gasteiger partial charge in [0.15, 0.2) is 0 Å². The van der Waals surface area contributed by atoms with Crippen LogP contribution >= 0.6 is 11.8 Å². The van der Waals surface area contributed by atoms with Gasteiger partial charge in [-0.15, -0.1) is 0 Å². The minimum Gasteiger partial charge on any atom is -0.326 e. The third kappa shape index (κ3) is 7.16. The molecule has 0 fully saturated rings. The van der Waals surface area contributed by atoms with Crippen molar-refractivity contribution < 1.29 is 4.79 Å². The molecule has 0 atom stereocenters. The van der Waals surface area contributed by atoms with E-state index in [2.05, 4.69) is 30.1 Å². The van der Waals surface area contributed by atoms with Gasteiger partial charge < -0.3 is 10.2 Å². The van der Waals surface area contributed by atoms with Gasteiger partial charge in [-0.05, 0) is 31.3 Å². The fourth-order valence-electron chi connectivity index (χ4n) is 1.89. The molecule has 1 rings (SSSR count). The normalized spacial score (nSPS) is 10.4. The summed E-state index contributed by atoms with van der Waals surface area (Å²) in [4.78, 5) is 14.2. The molecule has 4 nitrogen and oxygen atoms in total. The average molecular weight is 305 g/mol. The first-order valence-electron chi connectivity index (χ1n) is 7.29. The fourth-order valence-corrected chi connectivity index (χ4v) is 2.81. The number of nitrogens with one attached hydrogen (secondary N) is 1. The van der Waals surface area contributed by atoms with Gasteiger partial charge in [0.2, 0.25) is 5.91 Å². The third-order valence-electron chi connectivity index (χ3n) is 3.20. The summed E-state index contributed by atoms with van der Waals surface area (Å²) in [5.74, 6) is 1.88. The molecule has 0 spiro atoms. The number of carbonyl (C=O) groups excluding carboxylic acids is 1. The molecule has 0 aliphatic heterocycles. The number of anilines is 1. The second-order valence-corrected chi connectivity index (χ2v) is 5.85. The standard InChI is InChI=1S/C16H23N3OS/c1-3-19(4-2)9-11-21-10-8-16(20)18-15-7-5-6-14(12-15)13-17/h5-7,12H,3-4,8-11H2,1-2H3,(H,18,20). The predicted octanol–water partition coefficient (Wildman–Crippen LogP) is 2.96. The van der Waals surface area contributed by atoms with E-state index in [-0.39, 0.29) is 5.91 Å². The van der Waals surface area contributed by atoms with Crippen molar-refractivity contribution in [2.45, 2.75) is 20.3 Å². The zero-order chi connectivity index (χ0) is 15.5. The minimum absolute atomic E-state index is 0.000397. The molecule has 0 heterocycles. The van der Waals surface area contributed by atoms with Crippen molar-refractivity contribution in [3.05, 3.63) is 29.8 Å². The highest BCUT2D eigenvalue weighted by Gasteiger charge is 2.04. The van der Waals surface area contributed by atoms with Crippen LogP contribution in [0.15, 0.2) is 24.3 Å². The number of hydrogen-bond donors (Lipinski definition) is 1. The highest BCUT2D eigenvalue weighted by Crippen LogP contribution is 2.11. The maximum atomic E-state index is 11.8. The van der Waals surface area contributed by atoms with Gasteiger partial charge in [0.1, 0.15) is 0 Å². The van der Waals surface area contributed by atoms with Gasteiger partial charge in [0.25, 0.3) is 0 Å². The predicted molar refractivity (Wildman–Crippen MR) is 89.5 cm³/mol. The van der Waals surface area contributed by atoms with Crippen LogP contribution in [0.1, 0.15) is 25.8 Å². The molecule has 0 aromatic heterocycles. The molecule has 0 saturated heterocycles. The van der Waals surface area contributed by atoms with Crippen molar-refractivity contribution in [1.29, 1.82) is 5.26 Å². The van der Waals surface area contributed by atoms with Gasteiger partial charge >= 0.3 is 0 Å². The van der Waals surface area contributed by atoms with Crippen molar-refractivity contribution in [1.82, 2.24) is 4.90 Å². The summed E-state index contributed by atoms with van der Waals surface area (Å²) in [5, 5.41) is 11.6. The van der Waals surface area contributed by atoms with E-state index >= 15 is 0 Å². The number of nitrogens with zero attached hydrogens (tertiary/aromatic N) is 2. The first-order valence-corrected chi connectivity index (χ1v) is 8.45. The van der Waals surface area contributed by atoms with Crippen molar-refractivity contribution in [3.63, 3.8) is 0 Å². The lowest BCUT2D eigenvalue weighted by Gasteiger charge is -2.17. The van der Waals surface area contributed by atoms with Crippen molar-refractivity contribution in [3.8, 4) is 6.07 Å². The Hall–Kier alpha value is -1.51. The molecule has 0 aliphatic rings. The summed E-state index contributed by atoms with van der Waals surface area (Å²) >= 11 is 1.80. The van der Waals surface area contributed by atoms with Gasteiger partial charge in [-0.25, -0.2) is 0 Å². The van der Waals surface area contributed by atoms with E-state index in [9.17, 15) is 4.79 Å². The number of rotatable bonds is 9. The molecule has 1 amide bonds. The molecular weight excluding hydrogens is 282 g/mol. The molecule has 1 N–H and O–H groups in total. The summed E-state index contributed by atoms with van der Waals surface area (Å²) in [6, 6.07) is 9.04. The van der Waals surface area contributed by atoms with Crippen LogP contribution in [0.3, 0.4) is 0 Å². The molecule has 0 saturated carbocycles. The second kappa shape index (κ2) is 10.3. The third-order valence-corrected chi connectivity index (χ3v) is 4.16. The largest absolute Gasteiger partial charge is 0.326 e. The second-order valence-electron chi connectivity index (χ2n) is 4.63. The topological polar surface area (TPSA) is 56.1 Å². The van der Waals surface area contributed by atoms with Crippen LogP contribution in [0.2, 0.25) is 0 Å². The van der Waals surface area contributed by atoms with Gasteiger partial charge in [-0.1, -0.05) is 19.9 Å². The summed E-state index contributed by atoms with van der Waals surface area (Å²) in [6.07, 6.45) is 0.500. The molecule has 1 aromatic rings. The Morgan fingerprint density at radius 3 is 2.76 bits per heavy atom. The van der Waals surface area contributed by atoms with E-state index in [1.54, 1.807) is 36.0 Å². The van der Waals surface area contributed by atoms with Crippen LogP contribution in [0.4, 0.5) is 5.69 Å². The SMILES string of the molecule is CCN(CC)CCSCCC(=O)Nc1cccc(C#N)c1. The van der Waals surface area contributed by atoms with E-state index in [0.29, 0.717) is 17.7 Å². The van der Waals surface area contributed by atoms with Crippen LogP contribution in [0, 0.1) is 11.3 Å². The van der Waals surface area contributed by atoms with Crippen molar-refractivity contribution in [2.24, 2.45) is 0 Å². The van der Waals surface area contributed by atoms with Crippen LogP contribution in [-0.4, -0.2) is 41.9 Å². The van der Waals surface area contributed by atoms with Gasteiger partial charge in [-0.2, -0.15) is 17.0 Å². The molecule has 0 radical (unpaired) electrons. The Balaban J connectivity index is 2.21. The summed E-state index contributed by atoms with van der Waals surface area (Å²) in [5.41, 5.74) is 1.24. The first-order chi connectivity index (χ1) is 10.2. The summed E-state index contributed by atoms with van der Waals surface area (Å²) < 4.78 is 0. The van der Waals surface area contributed by atoms with E-state index < -0.39 is 0 Å². The Morgan fingerprint density at radius 2 is 2.10 bits per heavy atom. The van der Waals surface area contributed by atoms with E-state index in [0.717, 1.165) is 31.1 Å². The first kappa shape index (κ1) is 17.5. The smallest absolute Gasteiger partial charge is 0.225 e. The van der Waals surface area contributed by atoms with Gasteiger partial charge in [-0.3, -0.25) is 4.79 Å². The van der Waals surface area contributed by atoms with Gasteiger partial charge in [0.05, 0.1) is 11.6 Å². The van der Waals surface area contributed by atoms with Crippen LogP contribution in [0.25, 0.3) is 0 Å². The zero-order valence-electron chi connectivity index (χ0n) is 12.8. The van der Waals surface area contributed by atoms with Crippen LogP contribution in [-0.2, 0) is 4.79 Å². The lowest BCUT2D eigenvalue weighted by Crippen LogP contribution is -2.25. The fraction of sp³-hybridized carbons (Fsp3) is 0.500. The Bertz CT molecular complexity index is 481. The monoisotopic (exact) mass is 305 g/mol. The number of thioether (sulfide) groups is 1. The Kier molecular flexibility index (Phi) is 8.56. The van der Waals surface area contributed by atoms with Crippen molar-refractivity contribution in [2.75, 3.05) is 36.5 Å². The molecule has 0 unspecified atom stereocenters. The number of benzene rings is 1. The van der Waals surface area contributed by atoms with E-state index in [1.807, 2.05) is 0 Å². The lowest BCUT2D eigenvalue weighted by atomic mass is 10.2. The summed E-state index contributed by atoms with van der Waals surface area (Å²) in [7, 11) is 0. The highest BCUT2D eigenvalue weighted by molar-refractivity contribution is 7.99. The number of amides is 1. The van der Waals surface area contributed by atoms with Crippen LogP contribution in [0.5, 0.6) is 0 Å². The van der Waals surface area contributed by atoms with Crippen LogP contribution < -0.4 is 5.32 Å². The summed E-state index contributed by atoms with van der Waals surface area (Å²) in [6.45, 7) is 7.55. The molecule has 21 heavy (non-hydrogen) atoms. The maximum Gasteiger partial charge on any atom is 0.225 e. The molecule has 0 aliphatic carbocycles. The van der Waals surface area contributed by atoms with E-state index in [1.165, 1.54) is 0 Å². The molecule has 0 bridgehead atoms.